The molecular formula is C21H13Cl3N2O2S. The summed E-state index contributed by atoms with van der Waals surface area (Å²) in [5.74, 6) is -0.141. The Hall–Kier alpha value is -2.31. The van der Waals surface area contributed by atoms with Crippen LogP contribution in [0, 0.1) is 0 Å². The van der Waals surface area contributed by atoms with Gasteiger partial charge >= 0.3 is 0 Å². The maximum atomic E-state index is 12.8. The molecule has 0 radical (unpaired) electrons. The minimum absolute atomic E-state index is 0.237. The van der Waals surface area contributed by atoms with Crippen LogP contribution in [0.1, 0.15) is 10.4 Å². The molecule has 0 fully saturated rings. The van der Waals surface area contributed by atoms with Crippen molar-refractivity contribution < 1.29 is 9.53 Å². The molecule has 4 aromatic rings. The lowest BCUT2D eigenvalue weighted by atomic mass is 10.1. The summed E-state index contributed by atoms with van der Waals surface area (Å²) in [6, 6.07) is 16.1. The Morgan fingerprint density at radius 1 is 1.03 bits per heavy atom. The van der Waals surface area contributed by atoms with E-state index in [9.17, 15) is 4.79 Å². The van der Waals surface area contributed by atoms with E-state index in [1.165, 1.54) is 30.6 Å². The van der Waals surface area contributed by atoms with E-state index in [0.717, 1.165) is 20.8 Å². The monoisotopic (exact) mass is 462 g/mol. The molecule has 8 heteroatoms. The lowest BCUT2D eigenvalue weighted by Crippen LogP contribution is -2.13. The number of benzene rings is 3. The second kappa shape index (κ2) is 8.20. The van der Waals surface area contributed by atoms with Crippen molar-refractivity contribution in [3.8, 4) is 16.3 Å². The van der Waals surface area contributed by atoms with Crippen molar-refractivity contribution in [1.29, 1.82) is 0 Å². The molecule has 146 valence electrons. The fourth-order valence-electron chi connectivity index (χ4n) is 2.89. The number of ether oxygens (including phenoxy) is 1. The lowest BCUT2D eigenvalue weighted by Gasteiger charge is -2.12. The van der Waals surface area contributed by atoms with Gasteiger partial charge in [-0.1, -0.05) is 46.9 Å². The summed E-state index contributed by atoms with van der Waals surface area (Å²) in [4.78, 5) is 17.5. The van der Waals surface area contributed by atoms with Gasteiger partial charge in [-0.15, -0.1) is 11.3 Å². The first-order chi connectivity index (χ1) is 14.0. The average molecular weight is 464 g/mol. The first kappa shape index (κ1) is 20.0. The minimum Gasteiger partial charge on any atom is -0.494 e. The molecule has 0 bridgehead atoms. The Kier molecular flexibility index (Phi) is 5.65. The van der Waals surface area contributed by atoms with E-state index in [0.29, 0.717) is 15.7 Å². The lowest BCUT2D eigenvalue weighted by molar-refractivity contribution is 0.102. The zero-order valence-corrected chi connectivity index (χ0v) is 18.1. The van der Waals surface area contributed by atoms with E-state index in [4.69, 9.17) is 39.5 Å². The summed E-state index contributed by atoms with van der Waals surface area (Å²) in [7, 11) is 1.44. The predicted molar refractivity (Wildman–Crippen MR) is 121 cm³/mol. The fourth-order valence-corrected chi connectivity index (χ4v) is 4.72. The number of hydrogen-bond donors (Lipinski definition) is 1. The summed E-state index contributed by atoms with van der Waals surface area (Å²) < 4.78 is 6.32. The number of hydrogen-bond acceptors (Lipinski definition) is 4. The fraction of sp³-hybridized carbons (Fsp3) is 0.0476. The summed E-state index contributed by atoms with van der Waals surface area (Å²) in [5.41, 5.74) is 2.44. The van der Waals surface area contributed by atoms with Crippen LogP contribution in [0.5, 0.6) is 5.75 Å². The number of para-hydroxylation sites is 1. The third-order valence-corrected chi connectivity index (χ3v) is 6.10. The van der Waals surface area contributed by atoms with E-state index >= 15 is 0 Å². The maximum Gasteiger partial charge on any atom is 0.259 e. The number of nitrogens with zero attached hydrogens (tertiary/aromatic N) is 1. The Morgan fingerprint density at radius 2 is 1.83 bits per heavy atom. The van der Waals surface area contributed by atoms with Crippen molar-refractivity contribution in [2.45, 2.75) is 0 Å². The molecule has 0 aliphatic rings. The number of anilines is 1. The SMILES string of the molecule is COc1c(Cl)cc(Cl)cc1C(=O)Nc1ccc(Cl)c(-c2nc3ccccc3s2)c1. The smallest absolute Gasteiger partial charge is 0.259 e. The molecule has 29 heavy (non-hydrogen) atoms. The van der Waals surface area contributed by atoms with Crippen LogP contribution in [0.4, 0.5) is 5.69 Å². The number of thiazole rings is 1. The highest BCUT2D eigenvalue weighted by Gasteiger charge is 2.18. The highest BCUT2D eigenvalue weighted by molar-refractivity contribution is 7.21. The number of halogens is 3. The average Bonchev–Trinajstić information content (AvgIpc) is 3.12. The number of aromatic nitrogens is 1. The van der Waals surface area contributed by atoms with Gasteiger partial charge in [0.2, 0.25) is 0 Å². The zero-order chi connectivity index (χ0) is 20.5. The van der Waals surface area contributed by atoms with Crippen molar-refractivity contribution in [3.05, 3.63) is 75.2 Å². The van der Waals surface area contributed by atoms with Crippen molar-refractivity contribution in [2.75, 3.05) is 12.4 Å². The maximum absolute atomic E-state index is 12.8. The Bertz CT molecular complexity index is 1210. The molecule has 0 atom stereocenters. The van der Waals surface area contributed by atoms with Crippen molar-refractivity contribution >= 4 is 68.0 Å². The van der Waals surface area contributed by atoms with Crippen LogP contribution in [0.25, 0.3) is 20.8 Å². The van der Waals surface area contributed by atoms with Gasteiger partial charge in [0.15, 0.2) is 0 Å². The van der Waals surface area contributed by atoms with E-state index in [-0.39, 0.29) is 16.3 Å². The minimum atomic E-state index is -0.399. The number of methoxy groups -OCH3 is 1. The first-order valence-corrected chi connectivity index (χ1v) is 10.4. The number of nitrogens with one attached hydrogen (secondary N) is 1. The van der Waals surface area contributed by atoms with Gasteiger partial charge in [-0.2, -0.15) is 0 Å². The van der Waals surface area contributed by atoms with Crippen LogP contribution in [-0.4, -0.2) is 18.0 Å². The second-order valence-electron chi connectivity index (χ2n) is 6.10. The Labute approximate surface area is 186 Å². The van der Waals surface area contributed by atoms with E-state index < -0.39 is 5.91 Å². The first-order valence-electron chi connectivity index (χ1n) is 8.46. The van der Waals surface area contributed by atoms with Gasteiger partial charge in [-0.25, -0.2) is 4.98 Å². The molecule has 0 saturated carbocycles. The highest BCUT2D eigenvalue weighted by atomic mass is 35.5. The van der Waals surface area contributed by atoms with Gasteiger partial charge in [0.1, 0.15) is 10.8 Å². The van der Waals surface area contributed by atoms with Crippen LogP contribution in [0.15, 0.2) is 54.6 Å². The Balaban J connectivity index is 1.69. The summed E-state index contributed by atoms with van der Waals surface area (Å²) in [6.45, 7) is 0. The van der Waals surface area contributed by atoms with Gasteiger partial charge in [-0.3, -0.25) is 4.79 Å². The largest absolute Gasteiger partial charge is 0.494 e. The third-order valence-electron chi connectivity index (χ3n) is 4.21. The molecule has 1 amide bonds. The van der Waals surface area contributed by atoms with E-state index in [1.54, 1.807) is 18.2 Å². The van der Waals surface area contributed by atoms with Crippen LogP contribution < -0.4 is 10.1 Å². The molecule has 3 aromatic carbocycles. The van der Waals surface area contributed by atoms with Gasteiger partial charge < -0.3 is 10.1 Å². The molecule has 4 nitrogen and oxygen atoms in total. The van der Waals surface area contributed by atoms with Gasteiger partial charge in [0.05, 0.1) is 32.9 Å². The van der Waals surface area contributed by atoms with Gasteiger partial charge in [0.25, 0.3) is 5.91 Å². The standard InChI is InChI=1S/C21H13Cl3N2O2S/c1-28-19-14(8-11(22)9-16(19)24)20(27)25-12-6-7-15(23)13(10-12)21-26-17-4-2-3-5-18(17)29-21/h2-10H,1H3,(H,25,27). The molecular weight excluding hydrogens is 451 g/mol. The van der Waals surface area contributed by atoms with Gasteiger partial charge in [-0.05, 0) is 42.5 Å². The molecule has 4 rings (SSSR count). The normalized spacial score (nSPS) is 10.9. The molecule has 0 spiro atoms. The molecule has 0 unspecified atom stereocenters. The van der Waals surface area contributed by atoms with Crippen LogP contribution in [0.3, 0.4) is 0 Å². The zero-order valence-electron chi connectivity index (χ0n) is 15.0. The quantitative estimate of drug-likeness (QED) is 0.348. The predicted octanol–water partition coefficient (Wildman–Crippen LogP) is 7.18. The summed E-state index contributed by atoms with van der Waals surface area (Å²) in [5, 5.41) is 4.76. The number of fused-ring (bicyclic) bond motifs is 1. The number of carbonyl (C=O) groups excluding carboxylic acids is 1. The number of carbonyl (C=O) groups is 1. The van der Waals surface area contributed by atoms with E-state index in [2.05, 4.69) is 10.3 Å². The molecule has 0 aliphatic carbocycles. The molecule has 0 aliphatic heterocycles. The van der Waals surface area contributed by atoms with Crippen LogP contribution in [0.2, 0.25) is 15.1 Å². The summed E-state index contributed by atoms with van der Waals surface area (Å²) in [6.07, 6.45) is 0. The molecule has 0 saturated heterocycles. The van der Waals surface area contributed by atoms with Crippen molar-refractivity contribution in [3.63, 3.8) is 0 Å². The number of rotatable bonds is 4. The van der Waals surface area contributed by atoms with E-state index in [1.807, 2.05) is 24.3 Å². The van der Waals surface area contributed by atoms with Gasteiger partial charge in [0, 0.05) is 16.3 Å². The molecule has 1 aromatic heterocycles. The number of amides is 1. The third kappa shape index (κ3) is 4.05. The Morgan fingerprint density at radius 3 is 2.59 bits per heavy atom. The highest BCUT2D eigenvalue weighted by Crippen LogP contribution is 2.37. The van der Waals surface area contributed by atoms with Crippen molar-refractivity contribution in [1.82, 2.24) is 4.98 Å². The van der Waals surface area contributed by atoms with Crippen LogP contribution in [-0.2, 0) is 0 Å². The molecule has 1 heterocycles. The topological polar surface area (TPSA) is 51.2 Å². The second-order valence-corrected chi connectivity index (χ2v) is 8.39. The van der Waals surface area contributed by atoms with Crippen LogP contribution >= 0.6 is 46.1 Å². The van der Waals surface area contributed by atoms with Crippen molar-refractivity contribution in [2.24, 2.45) is 0 Å². The summed E-state index contributed by atoms with van der Waals surface area (Å²) >= 11 is 20.1. The molecule has 1 N–H and O–H groups in total.